The van der Waals surface area contributed by atoms with Crippen LogP contribution in [0.15, 0.2) is 95.4 Å². The molecule has 1 unspecified atom stereocenters. The first-order valence-corrected chi connectivity index (χ1v) is 13.7. The van der Waals surface area contributed by atoms with E-state index in [0.29, 0.717) is 6.54 Å². The van der Waals surface area contributed by atoms with Gasteiger partial charge in [-0.3, -0.25) is 9.00 Å². The minimum atomic E-state index is -1.04. The minimum absolute atomic E-state index is 0.0199. The quantitative estimate of drug-likeness (QED) is 0.278. The maximum absolute atomic E-state index is 14.3. The van der Waals surface area contributed by atoms with Gasteiger partial charge >= 0.3 is 0 Å². The fraction of sp³-hybridized carbons (Fsp3) is 0.156. The van der Waals surface area contributed by atoms with Gasteiger partial charge in [0.2, 0.25) is 5.91 Å². The first-order valence-electron chi connectivity index (χ1n) is 12.2. The number of halogens is 1. The van der Waals surface area contributed by atoms with E-state index in [9.17, 15) is 13.4 Å². The van der Waals surface area contributed by atoms with Gasteiger partial charge in [0, 0.05) is 35.5 Å². The van der Waals surface area contributed by atoms with Gasteiger partial charge in [-0.15, -0.1) is 0 Å². The number of fused-ring (bicyclic) bond motifs is 2. The van der Waals surface area contributed by atoms with Crippen LogP contribution < -0.4 is 0 Å². The zero-order valence-electron chi connectivity index (χ0n) is 21.1. The van der Waals surface area contributed by atoms with Gasteiger partial charge in [0.1, 0.15) is 5.82 Å². The highest BCUT2D eigenvalue weighted by molar-refractivity contribution is 7.84. The lowest BCUT2D eigenvalue weighted by Gasteiger charge is -2.19. The second kappa shape index (κ2) is 10.3. The summed E-state index contributed by atoms with van der Waals surface area (Å²) in [6.45, 7) is 2.49. The summed E-state index contributed by atoms with van der Waals surface area (Å²) < 4.78 is 26.0. The molecule has 0 aromatic heterocycles. The van der Waals surface area contributed by atoms with Crippen LogP contribution in [0.25, 0.3) is 28.0 Å². The number of carbonyl (C=O) groups is 1. The number of rotatable bonds is 6. The standard InChI is InChI=1S/C32H28FNO2S/c1-21-29(17-22-11-14-26(15-12-22)37(3)36)28-16-13-25(33)18-31(28)30(21)19-32(35)34(2)20-24-9-6-8-23-7-4-5-10-27(23)24/h4-18H,19-20H2,1-3H3/b29-17-. The number of hydrogen-bond acceptors (Lipinski definition) is 2. The number of benzene rings is 4. The molecule has 0 N–H and O–H groups in total. The number of allylic oxidation sites excluding steroid dienone is 2. The molecule has 186 valence electrons. The van der Waals surface area contributed by atoms with Crippen molar-refractivity contribution >= 4 is 44.7 Å². The van der Waals surface area contributed by atoms with Crippen LogP contribution in [0.4, 0.5) is 4.39 Å². The largest absolute Gasteiger partial charge is 0.341 e. The van der Waals surface area contributed by atoms with Crippen LogP contribution in [0.3, 0.4) is 0 Å². The van der Waals surface area contributed by atoms with E-state index in [2.05, 4.69) is 24.3 Å². The molecule has 0 bridgehead atoms. The highest BCUT2D eigenvalue weighted by atomic mass is 32.2. The lowest BCUT2D eigenvalue weighted by Crippen LogP contribution is -2.26. The average molecular weight is 510 g/mol. The highest BCUT2D eigenvalue weighted by Crippen LogP contribution is 2.44. The Hall–Kier alpha value is -3.83. The van der Waals surface area contributed by atoms with Crippen LogP contribution in [-0.2, 0) is 22.1 Å². The van der Waals surface area contributed by atoms with Gasteiger partial charge in [0.25, 0.3) is 0 Å². The molecule has 0 fully saturated rings. The van der Waals surface area contributed by atoms with Gasteiger partial charge in [-0.1, -0.05) is 60.7 Å². The Morgan fingerprint density at radius 1 is 0.946 bits per heavy atom. The zero-order chi connectivity index (χ0) is 26.1. The van der Waals surface area contributed by atoms with Crippen molar-refractivity contribution in [1.82, 2.24) is 4.90 Å². The third-order valence-corrected chi connectivity index (χ3v) is 7.95. The average Bonchev–Trinajstić information content (AvgIpc) is 3.14. The first-order chi connectivity index (χ1) is 17.8. The molecule has 3 nitrogen and oxygen atoms in total. The molecule has 0 saturated carbocycles. The third kappa shape index (κ3) is 5.05. The van der Waals surface area contributed by atoms with Crippen molar-refractivity contribution in [1.29, 1.82) is 0 Å². The Morgan fingerprint density at radius 3 is 2.43 bits per heavy atom. The Kier molecular flexibility index (Phi) is 6.90. The molecule has 0 aliphatic heterocycles. The second-order valence-electron chi connectivity index (χ2n) is 9.44. The summed E-state index contributed by atoms with van der Waals surface area (Å²) >= 11 is 0. The molecule has 4 aromatic carbocycles. The highest BCUT2D eigenvalue weighted by Gasteiger charge is 2.27. The molecule has 0 saturated heterocycles. The van der Waals surface area contributed by atoms with Gasteiger partial charge in [-0.2, -0.15) is 0 Å². The van der Waals surface area contributed by atoms with E-state index in [-0.39, 0.29) is 18.1 Å². The topological polar surface area (TPSA) is 37.4 Å². The van der Waals surface area contributed by atoms with Crippen molar-refractivity contribution in [2.24, 2.45) is 0 Å². The van der Waals surface area contributed by atoms with E-state index in [1.165, 1.54) is 12.1 Å². The molecule has 37 heavy (non-hydrogen) atoms. The molecule has 4 aromatic rings. The van der Waals surface area contributed by atoms with E-state index < -0.39 is 10.8 Å². The van der Waals surface area contributed by atoms with Crippen LogP contribution in [0.1, 0.15) is 35.6 Å². The summed E-state index contributed by atoms with van der Waals surface area (Å²) in [5.74, 6) is -0.342. The monoisotopic (exact) mass is 509 g/mol. The molecule has 0 radical (unpaired) electrons. The molecule has 1 atom stereocenters. The van der Waals surface area contributed by atoms with Crippen LogP contribution in [0.2, 0.25) is 0 Å². The summed E-state index contributed by atoms with van der Waals surface area (Å²) in [7, 11) is 0.776. The summed E-state index contributed by atoms with van der Waals surface area (Å²) in [6, 6.07) is 26.6. The van der Waals surface area contributed by atoms with Crippen molar-refractivity contribution in [2.75, 3.05) is 13.3 Å². The predicted octanol–water partition coefficient (Wildman–Crippen LogP) is 7.09. The van der Waals surface area contributed by atoms with Crippen molar-refractivity contribution in [3.8, 4) is 0 Å². The van der Waals surface area contributed by atoms with E-state index in [0.717, 1.165) is 54.6 Å². The Morgan fingerprint density at radius 2 is 1.68 bits per heavy atom. The molecule has 0 spiro atoms. The lowest BCUT2D eigenvalue weighted by molar-refractivity contribution is -0.129. The van der Waals surface area contributed by atoms with Crippen molar-refractivity contribution in [3.63, 3.8) is 0 Å². The number of carbonyl (C=O) groups excluding carboxylic acids is 1. The molecule has 1 aliphatic rings. The first kappa shape index (κ1) is 24.8. The third-order valence-electron chi connectivity index (χ3n) is 7.02. The smallest absolute Gasteiger partial charge is 0.227 e. The molecule has 1 aliphatic carbocycles. The number of amides is 1. The van der Waals surface area contributed by atoms with E-state index >= 15 is 0 Å². The zero-order valence-corrected chi connectivity index (χ0v) is 21.9. The summed E-state index contributed by atoms with van der Waals surface area (Å²) in [5, 5.41) is 2.28. The van der Waals surface area contributed by atoms with Crippen molar-refractivity contribution in [2.45, 2.75) is 24.8 Å². The summed E-state index contributed by atoms with van der Waals surface area (Å²) in [5.41, 5.74) is 6.52. The maximum Gasteiger partial charge on any atom is 0.227 e. The van der Waals surface area contributed by atoms with Crippen molar-refractivity contribution in [3.05, 3.63) is 119 Å². The summed E-state index contributed by atoms with van der Waals surface area (Å²) in [4.78, 5) is 15.9. The fourth-order valence-electron chi connectivity index (χ4n) is 4.96. The molecular weight excluding hydrogens is 481 g/mol. The second-order valence-corrected chi connectivity index (χ2v) is 10.8. The molecule has 5 rings (SSSR count). The van der Waals surface area contributed by atoms with E-state index in [1.807, 2.05) is 62.5 Å². The van der Waals surface area contributed by atoms with Crippen LogP contribution in [0.5, 0.6) is 0 Å². The Bertz CT molecular complexity index is 1600. The maximum atomic E-state index is 14.3. The van der Waals surface area contributed by atoms with Gasteiger partial charge in [0.15, 0.2) is 0 Å². The van der Waals surface area contributed by atoms with E-state index in [1.54, 1.807) is 17.2 Å². The predicted molar refractivity (Wildman–Crippen MR) is 151 cm³/mol. The van der Waals surface area contributed by atoms with E-state index in [4.69, 9.17) is 0 Å². The van der Waals surface area contributed by atoms with Crippen LogP contribution >= 0.6 is 0 Å². The van der Waals surface area contributed by atoms with Crippen LogP contribution in [0, 0.1) is 5.82 Å². The van der Waals surface area contributed by atoms with Gasteiger partial charge in [0.05, 0.1) is 6.42 Å². The molecular formula is C32H28FNO2S. The van der Waals surface area contributed by atoms with Gasteiger partial charge < -0.3 is 4.90 Å². The van der Waals surface area contributed by atoms with Gasteiger partial charge in [-0.05, 0) is 87.0 Å². The van der Waals surface area contributed by atoms with Crippen molar-refractivity contribution < 1.29 is 13.4 Å². The Labute approximate surface area is 219 Å². The van der Waals surface area contributed by atoms with Gasteiger partial charge in [-0.25, -0.2) is 4.39 Å². The normalized spacial score (nSPS) is 14.8. The molecule has 1 amide bonds. The minimum Gasteiger partial charge on any atom is -0.341 e. The molecule has 0 heterocycles. The summed E-state index contributed by atoms with van der Waals surface area (Å²) in [6.07, 6.45) is 3.89. The Balaban J connectivity index is 1.44. The fourth-order valence-corrected chi connectivity index (χ4v) is 5.48. The number of nitrogens with zero attached hydrogens (tertiary/aromatic N) is 1. The molecule has 5 heteroatoms. The SMILES string of the molecule is CC1=C(CC(=O)N(C)Cc2cccc3ccccc23)c2cc(F)ccc2/C1=C\c1ccc(S(C)=O)cc1. The number of hydrogen-bond donors (Lipinski definition) is 0. The van der Waals surface area contributed by atoms with Crippen LogP contribution in [-0.4, -0.2) is 28.3 Å². The lowest BCUT2D eigenvalue weighted by atomic mass is 10.0.